The smallest absolute Gasteiger partial charge is 0.411 e. The molecular formula is C13H13ClN2O3. The highest BCUT2D eigenvalue weighted by atomic mass is 35.5. The molecule has 2 rings (SSSR count). The van der Waals surface area contributed by atoms with Gasteiger partial charge in [0.15, 0.2) is 0 Å². The largest absolute Gasteiger partial charge is 0.447 e. The van der Waals surface area contributed by atoms with Gasteiger partial charge in [-0.3, -0.25) is 10.3 Å². The van der Waals surface area contributed by atoms with E-state index in [2.05, 4.69) is 10.3 Å². The molecule has 100 valence electrons. The highest BCUT2D eigenvalue weighted by Crippen LogP contribution is 2.32. The zero-order valence-electron chi connectivity index (χ0n) is 10.3. The molecule has 0 aliphatic rings. The number of nitrogens with one attached hydrogen (secondary N) is 1. The van der Waals surface area contributed by atoms with Crippen LogP contribution in [0, 0.1) is 6.92 Å². The van der Waals surface area contributed by atoms with Crippen LogP contribution in [-0.2, 0) is 4.74 Å². The van der Waals surface area contributed by atoms with Crippen molar-refractivity contribution in [2.24, 2.45) is 0 Å². The first-order chi connectivity index (χ1) is 9.13. The van der Waals surface area contributed by atoms with E-state index in [1.54, 1.807) is 18.3 Å². The zero-order valence-corrected chi connectivity index (χ0v) is 11.1. The molecule has 0 bridgehead atoms. The van der Waals surface area contributed by atoms with E-state index in [9.17, 15) is 4.79 Å². The average Bonchev–Trinajstić information content (AvgIpc) is 2.41. The van der Waals surface area contributed by atoms with E-state index in [4.69, 9.17) is 21.4 Å². The first-order valence-corrected chi connectivity index (χ1v) is 6.09. The number of amides is 1. The number of aromatic nitrogens is 1. The summed E-state index contributed by atoms with van der Waals surface area (Å²) < 4.78 is 4.75. The fourth-order valence-electron chi connectivity index (χ4n) is 1.78. The van der Waals surface area contributed by atoms with Crippen LogP contribution in [0.4, 0.5) is 10.5 Å². The predicted octanol–water partition coefficient (Wildman–Crippen LogP) is 2.74. The molecule has 0 saturated carbocycles. The zero-order chi connectivity index (χ0) is 13.8. The Morgan fingerprint density at radius 3 is 3.11 bits per heavy atom. The molecule has 19 heavy (non-hydrogen) atoms. The van der Waals surface area contributed by atoms with Crippen LogP contribution in [0.3, 0.4) is 0 Å². The molecule has 2 aromatic rings. The molecule has 0 aliphatic carbocycles. The maximum atomic E-state index is 11.5. The van der Waals surface area contributed by atoms with Crippen molar-refractivity contribution in [3.63, 3.8) is 0 Å². The maximum Gasteiger partial charge on any atom is 0.411 e. The van der Waals surface area contributed by atoms with E-state index in [1.165, 1.54) is 0 Å². The second-order valence-corrected chi connectivity index (χ2v) is 4.34. The lowest BCUT2D eigenvalue weighted by molar-refractivity contribution is 0.131. The number of fused-ring (bicyclic) bond motifs is 1. The van der Waals surface area contributed by atoms with Gasteiger partial charge in [-0.15, -0.1) is 0 Å². The summed E-state index contributed by atoms with van der Waals surface area (Å²) in [6.07, 6.45) is 1.02. The number of hydrogen-bond donors (Lipinski definition) is 2. The van der Waals surface area contributed by atoms with E-state index in [0.29, 0.717) is 10.7 Å². The molecule has 2 N–H and O–H groups in total. The molecule has 0 saturated heterocycles. The third-order valence-corrected chi connectivity index (χ3v) is 2.88. The van der Waals surface area contributed by atoms with Crippen LogP contribution in [0.1, 0.15) is 5.56 Å². The van der Waals surface area contributed by atoms with Gasteiger partial charge in [-0.1, -0.05) is 11.6 Å². The second kappa shape index (κ2) is 5.86. The van der Waals surface area contributed by atoms with Crippen molar-refractivity contribution in [1.29, 1.82) is 0 Å². The van der Waals surface area contributed by atoms with E-state index in [0.717, 1.165) is 16.5 Å². The van der Waals surface area contributed by atoms with Crippen molar-refractivity contribution in [2.45, 2.75) is 6.92 Å². The molecule has 0 aliphatic heterocycles. The number of aryl methyl sites for hydroxylation is 1. The Balaban J connectivity index is 2.39. The number of hydrogen-bond acceptors (Lipinski definition) is 4. The molecule has 1 aromatic carbocycles. The number of carbonyl (C=O) groups excluding carboxylic acids is 1. The van der Waals surface area contributed by atoms with Gasteiger partial charge in [0.1, 0.15) is 6.61 Å². The van der Waals surface area contributed by atoms with Crippen LogP contribution in [0.5, 0.6) is 0 Å². The molecule has 0 spiro atoms. The number of halogens is 1. The maximum absolute atomic E-state index is 11.5. The highest BCUT2D eigenvalue weighted by Gasteiger charge is 2.13. The van der Waals surface area contributed by atoms with Gasteiger partial charge < -0.3 is 9.84 Å². The number of nitrogens with zero attached hydrogens (tertiary/aromatic N) is 1. The minimum Gasteiger partial charge on any atom is -0.447 e. The Labute approximate surface area is 115 Å². The number of ether oxygens (including phenoxy) is 1. The summed E-state index contributed by atoms with van der Waals surface area (Å²) in [6, 6.07) is 5.32. The van der Waals surface area contributed by atoms with E-state index in [1.807, 2.05) is 13.0 Å². The molecule has 1 amide bonds. The van der Waals surface area contributed by atoms with Gasteiger partial charge in [-0.2, -0.15) is 0 Å². The van der Waals surface area contributed by atoms with Crippen molar-refractivity contribution in [3.8, 4) is 0 Å². The van der Waals surface area contributed by atoms with E-state index in [-0.39, 0.29) is 13.2 Å². The fourth-order valence-corrected chi connectivity index (χ4v) is 2.10. The van der Waals surface area contributed by atoms with Crippen LogP contribution in [-0.4, -0.2) is 29.4 Å². The third kappa shape index (κ3) is 2.94. The van der Waals surface area contributed by atoms with Crippen LogP contribution < -0.4 is 5.32 Å². The Hall–Kier alpha value is -1.85. The Morgan fingerprint density at radius 2 is 2.37 bits per heavy atom. The number of rotatable bonds is 3. The van der Waals surface area contributed by atoms with Gasteiger partial charge in [0.2, 0.25) is 0 Å². The number of benzene rings is 1. The molecule has 0 fully saturated rings. The van der Waals surface area contributed by atoms with Crippen LogP contribution in [0.15, 0.2) is 24.4 Å². The number of pyridine rings is 1. The van der Waals surface area contributed by atoms with Crippen molar-refractivity contribution in [1.82, 2.24) is 4.98 Å². The quantitative estimate of drug-likeness (QED) is 0.907. The van der Waals surface area contributed by atoms with E-state index < -0.39 is 6.09 Å². The Bertz CT molecular complexity index is 616. The lowest BCUT2D eigenvalue weighted by Gasteiger charge is -2.12. The molecule has 6 heteroatoms. The van der Waals surface area contributed by atoms with Crippen LogP contribution >= 0.6 is 11.6 Å². The summed E-state index contributed by atoms with van der Waals surface area (Å²) in [6.45, 7) is 1.61. The number of carbonyl (C=O) groups is 1. The van der Waals surface area contributed by atoms with Gasteiger partial charge in [0.05, 0.1) is 22.8 Å². The Kier molecular flexibility index (Phi) is 4.19. The predicted molar refractivity (Wildman–Crippen MR) is 73.5 cm³/mol. The summed E-state index contributed by atoms with van der Waals surface area (Å²) in [5.74, 6) is 0. The summed E-state index contributed by atoms with van der Waals surface area (Å²) in [5, 5.41) is 12.3. The topological polar surface area (TPSA) is 71.5 Å². The first kappa shape index (κ1) is 13.6. The fraction of sp³-hybridized carbons (Fsp3) is 0.231. The monoisotopic (exact) mass is 280 g/mol. The summed E-state index contributed by atoms with van der Waals surface area (Å²) in [5.41, 5.74) is 2.15. The minimum atomic E-state index is -0.662. The molecule has 5 nitrogen and oxygen atoms in total. The molecule has 0 radical (unpaired) electrons. The molecular weight excluding hydrogens is 268 g/mol. The molecule has 0 atom stereocenters. The molecule has 1 heterocycles. The average molecular weight is 281 g/mol. The number of anilines is 1. The van der Waals surface area contributed by atoms with Crippen molar-refractivity contribution < 1.29 is 14.6 Å². The number of aliphatic hydroxyl groups excluding tert-OH is 1. The first-order valence-electron chi connectivity index (χ1n) is 5.72. The van der Waals surface area contributed by atoms with Gasteiger partial charge in [0.25, 0.3) is 0 Å². The third-order valence-electron chi connectivity index (χ3n) is 2.58. The van der Waals surface area contributed by atoms with Crippen LogP contribution in [0.2, 0.25) is 5.02 Å². The van der Waals surface area contributed by atoms with Gasteiger partial charge in [0, 0.05) is 11.6 Å². The lowest BCUT2D eigenvalue weighted by Crippen LogP contribution is -2.16. The normalized spacial score (nSPS) is 10.5. The second-order valence-electron chi connectivity index (χ2n) is 3.93. The standard InChI is InChI=1S/C13H13ClN2O3/c1-8-7-10(14)12(16-13(18)19-6-5-17)9-3-2-4-15-11(8)9/h2-4,7,17H,5-6H2,1H3,(H,16,18). The number of aliphatic hydroxyl groups is 1. The molecule has 0 unspecified atom stereocenters. The van der Waals surface area contributed by atoms with Gasteiger partial charge in [-0.25, -0.2) is 4.79 Å². The van der Waals surface area contributed by atoms with E-state index >= 15 is 0 Å². The summed E-state index contributed by atoms with van der Waals surface area (Å²) >= 11 is 6.14. The molecule has 1 aromatic heterocycles. The van der Waals surface area contributed by atoms with Gasteiger partial charge in [-0.05, 0) is 30.7 Å². The summed E-state index contributed by atoms with van der Waals surface area (Å²) in [4.78, 5) is 15.8. The van der Waals surface area contributed by atoms with Crippen molar-refractivity contribution >= 4 is 34.3 Å². The van der Waals surface area contributed by atoms with Gasteiger partial charge >= 0.3 is 6.09 Å². The Morgan fingerprint density at radius 1 is 1.58 bits per heavy atom. The SMILES string of the molecule is Cc1cc(Cl)c(NC(=O)OCCO)c2cccnc12. The van der Waals surface area contributed by atoms with Crippen molar-refractivity contribution in [2.75, 3.05) is 18.5 Å². The highest BCUT2D eigenvalue weighted by molar-refractivity contribution is 6.35. The minimum absolute atomic E-state index is 0.0640. The lowest BCUT2D eigenvalue weighted by atomic mass is 10.1. The summed E-state index contributed by atoms with van der Waals surface area (Å²) in [7, 11) is 0. The van der Waals surface area contributed by atoms with Crippen LogP contribution in [0.25, 0.3) is 10.9 Å². The van der Waals surface area contributed by atoms with Crippen molar-refractivity contribution in [3.05, 3.63) is 35.0 Å².